The lowest BCUT2D eigenvalue weighted by Crippen LogP contribution is -2.65. The van der Waals surface area contributed by atoms with E-state index in [9.17, 15) is 20.1 Å². The van der Waals surface area contributed by atoms with Gasteiger partial charge in [0.1, 0.15) is 35.5 Å². The monoisotopic (exact) mass is 448 g/mol. The summed E-state index contributed by atoms with van der Waals surface area (Å²) in [5.41, 5.74) is -2.03. The molecule has 30 heavy (non-hydrogen) atoms. The van der Waals surface area contributed by atoms with Crippen molar-refractivity contribution in [2.24, 2.45) is 11.8 Å². The number of nitrogens with one attached hydrogen (secondary N) is 2. The van der Waals surface area contributed by atoms with Crippen molar-refractivity contribution in [3.05, 3.63) is 0 Å². The van der Waals surface area contributed by atoms with Gasteiger partial charge in [-0.3, -0.25) is 4.79 Å². The third-order valence-corrected chi connectivity index (χ3v) is 7.62. The first-order valence-corrected chi connectivity index (χ1v) is 12.4. The Hall–Kier alpha value is -0.450. The van der Waals surface area contributed by atoms with Crippen LogP contribution in [0.15, 0.2) is 0 Å². The van der Waals surface area contributed by atoms with E-state index in [2.05, 4.69) is 10.6 Å². The van der Waals surface area contributed by atoms with Crippen LogP contribution in [0.4, 0.5) is 4.39 Å². The van der Waals surface area contributed by atoms with Gasteiger partial charge in [-0.15, -0.1) is 11.8 Å². The Morgan fingerprint density at radius 2 is 1.97 bits per heavy atom. The minimum Gasteiger partial charge on any atom is -0.388 e. The van der Waals surface area contributed by atoms with Crippen molar-refractivity contribution in [3.63, 3.8) is 0 Å². The summed E-state index contributed by atoms with van der Waals surface area (Å²) in [4.78, 5) is 13.0. The fourth-order valence-electron chi connectivity index (χ4n) is 4.55. The fraction of sp³-hybridized carbons (Fsp3) is 0.952. The van der Waals surface area contributed by atoms with Gasteiger partial charge < -0.3 is 30.7 Å². The van der Waals surface area contributed by atoms with Gasteiger partial charge in [-0.05, 0) is 43.9 Å². The molecule has 0 spiro atoms. The summed E-state index contributed by atoms with van der Waals surface area (Å²) in [7, 11) is 0. The molecule has 2 saturated heterocycles. The number of aliphatic hydroxyl groups excluding tert-OH is 3. The molecule has 0 aromatic carbocycles. The molecule has 3 aliphatic rings. The Morgan fingerprint density at radius 1 is 1.27 bits per heavy atom. The van der Waals surface area contributed by atoms with E-state index in [0.717, 1.165) is 6.42 Å². The topological polar surface area (TPSA) is 111 Å². The summed E-state index contributed by atoms with van der Waals surface area (Å²) in [6.07, 6.45) is 1.27. The van der Waals surface area contributed by atoms with E-state index in [-0.39, 0.29) is 18.2 Å². The van der Waals surface area contributed by atoms with Gasteiger partial charge in [0.05, 0.1) is 12.1 Å². The van der Waals surface area contributed by atoms with E-state index in [0.29, 0.717) is 25.3 Å². The smallest absolute Gasteiger partial charge is 0.237 e. The quantitative estimate of drug-likeness (QED) is 0.376. The molecular formula is C21H37FN2O5S. The van der Waals surface area contributed by atoms with E-state index in [1.807, 2.05) is 13.8 Å². The molecule has 0 aromatic rings. The van der Waals surface area contributed by atoms with E-state index < -0.39 is 47.6 Å². The van der Waals surface area contributed by atoms with Gasteiger partial charge in [0.15, 0.2) is 0 Å². The first-order valence-electron chi connectivity index (χ1n) is 11.1. The zero-order valence-electron chi connectivity index (χ0n) is 18.1. The van der Waals surface area contributed by atoms with Crippen molar-refractivity contribution in [2.75, 3.05) is 12.8 Å². The second kappa shape index (κ2) is 10.0. The van der Waals surface area contributed by atoms with Crippen molar-refractivity contribution < 1.29 is 29.2 Å². The van der Waals surface area contributed by atoms with Crippen molar-refractivity contribution >= 4 is 17.7 Å². The van der Waals surface area contributed by atoms with Gasteiger partial charge in [0, 0.05) is 6.42 Å². The predicted molar refractivity (Wildman–Crippen MR) is 114 cm³/mol. The number of carbonyl (C=O) groups excluding carboxylic acids is 1. The average molecular weight is 449 g/mol. The summed E-state index contributed by atoms with van der Waals surface area (Å²) in [5.74, 6) is 0.229. The second-order valence-electron chi connectivity index (χ2n) is 9.55. The second-order valence-corrected chi connectivity index (χ2v) is 10.5. The van der Waals surface area contributed by atoms with Crippen molar-refractivity contribution in [3.8, 4) is 0 Å². The number of amides is 1. The number of hydrogen-bond acceptors (Lipinski definition) is 7. The highest BCUT2D eigenvalue weighted by atomic mass is 32.2. The number of rotatable bonds is 8. The highest BCUT2D eigenvalue weighted by molar-refractivity contribution is 7.99. The predicted octanol–water partition coefficient (Wildman–Crippen LogP) is 0.948. The van der Waals surface area contributed by atoms with Crippen LogP contribution in [0, 0.1) is 11.8 Å². The van der Waals surface area contributed by atoms with E-state index >= 15 is 4.39 Å². The van der Waals surface area contributed by atoms with Crippen LogP contribution < -0.4 is 10.6 Å². The number of aliphatic hydroxyl groups is 3. The number of carbonyl (C=O) groups is 1. The summed E-state index contributed by atoms with van der Waals surface area (Å²) < 4.78 is 21.2. The van der Waals surface area contributed by atoms with Crippen molar-refractivity contribution in [2.45, 2.75) is 100.0 Å². The number of piperidine rings is 1. The molecule has 2 aliphatic heterocycles. The fourth-order valence-corrected chi connectivity index (χ4v) is 5.23. The Labute approximate surface area is 182 Å². The first kappa shape index (κ1) is 24.2. The maximum absolute atomic E-state index is 15.3. The zero-order valence-corrected chi connectivity index (χ0v) is 18.9. The summed E-state index contributed by atoms with van der Waals surface area (Å²) in [6, 6.07) is -1.23. The summed E-state index contributed by atoms with van der Waals surface area (Å²) >= 11 is 1.23. The molecule has 1 saturated carbocycles. The van der Waals surface area contributed by atoms with Crippen LogP contribution in [0.3, 0.4) is 0 Å². The van der Waals surface area contributed by atoms with Crippen LogP contribution in [0.1, 0.15) is 52.4 Å². The SMILES string of the molecule is CSC1OC(C(NC(=O)C2CC(F)(CCC3CC3)CCN2)C(C)C)C(O)C(O)C1O. The summed E-state index contributed by atoms with van der Waals surface area (Å²) in [5, 5.41) is 36.9. The maximum atomic E-state index is 15.3. The molecule has 3 fully saturated rings. The molecule has 1 aliphatic carbocycles. The molecular weight excluding hydrogens is 411 g/mol. The average Bonchev–Trinajstić information content (AvgIpc) is 3.54. The van der Waals surface area contributed by atoms with Gasteiger partial charge in [0.2, 0.25) is 5.91 Å². The van der Waals surface area contributed by atoms with Crippen molar-refractivity contribution in [1.29, 1.82) is 0 Å². The summed E-state index contributed by atoms with van der Waals surface area (Å²) in [6.45, 7) is 4.22. The Bertz CT molecular complexity index is 594. The molecule has 9 heteroatoms. The van der Waals surface area contributed by atoms with E-state index in [1.54, 1.807) is 6.26 Å². The Kier molecular flexibility index (Phi) is 8.07. The molecule has 5 N–H and O–H groups in total. The number of hydrogen-bond donors (Lipinski definition) is 5. The first-order chi connectivity index (χ1) is 14.1. The highest BCUT2D eigenvalue weighted by Gasteiger charge is 2.48. The number of alkyl halides is 1. The number of thioether (sulfide) groups is 1. The van der Waals surface area contributed by atoms with Crippen molar-refractivity contribution in [1.82, 2.24) is 10.6 Å². The minimum absolute atomic E-state index is 0.105. The molecule has 2 heterocycles. The third-order valence-electron chi connectivity index (χ3n) is 6.77. The molecule has 8 atom stereocenters. The Morgan fingerprint density at radius 3 is 2.57 bits per heavy atom. The molecule has 0 radical (unpaired) electrons. The van der Waals surface area contributed by atoms with Gasteiger partial charge in [-0.25, -0.2) is 4.39 Å². The zero-order chi connectivity index (χ0) is 22.1. The lowest BCUT2D eigenvalue weighted by molar-refractivity contribution is -0.208. The molecule has 3 rings (SSSR count). The number of halogens is 1. The van der Waals surface area contributed by atoms with Gasteiger partial charge in [-0.1, -0.05) is 26.7 Å². The van der Waals surface area contributed by atoms with Crippen LogP contribution >= 0.6 is 11.8 Å². The molecule has 0 aromatic heterocycles. The van der Waals surface area contributed by atoms with E-state index in [1.165, 1.54) is 24.6 Å². The highest BCUT2D eigenvalue weighted by Crippen LogP contribution is 2.39. The normalized spacial score (nSPS) is 40.9. The standard InChI is InChI=1S/C21H37FN2O5S/c1-11(2)14(18-16(26)15(25)17(27)20(29-18)30-3)24-19(28)13-10-21(22,8-9-23-13)7-6-12-4-5-12/h11-18,20,23,25-27H,4-10H2,1-3H3,(H,24,28). The minimum atomic E-state index is -1.37. The molecule has 174 valence electrons. The van der Waals surface area contributed by atoms with Gasteiger partial charge in [0.25, 0.3) is 0 Å². The molecule has 0 bridgehead atoms. The number of ether oxygens (including phenoxy) is 1. The molecule has 8 unspecified atom stereocenters. The van der Waals surface area contributed by atoms with Crippen LogP contribution in [0.2, 0.25) is 0 Å². The van der Waals surface area contributed by atoms with Crippen LogP contribution in [0.25, 0.3) is 0 Å². The van der Waals surface area contributed by atoms with Crippen LogP contribution in [0.5, 0.6) is 0 Å². The van der Waals surface area contributed by atoms with Crippen LogP contribution in [-0.4, -0.2) is 81.6 Å². The van der Waals surface area contributed by atoms with Crippen LogP contribution in [-0.2, 0) is 9.53 Å². The third kappa shape index (κ3) is 5.66. The van der Waals surface area contributed by atoms with Gasteiger partial charge >= 0.3 is 0 Å². The largest absolute Gasteiger partial charge is 0.388 e. The van der Waals surface area contributed by atoms with E-state index in [4.69, 9.17) is 4.74 Å². The lowest BCUT2D eigenvalue weighted by atomic mass is 9.84. The lowest BCUT2D eigenvalue weighted by Gasteiger charge is -2.44. The maximum Gasteiger partial charge on any atom is 0.237 e. The molecule has 7 nitrogen and oxygen atoms in total. The molecule has 1 amide bonds. The van der Waals surface area contributed by atoms with Gasteiger partial charge in [-0.2, -0.15) is 0 Å². The Balaban J connectivity index is 1.64.